The zero-order valence-corrected chi connectivity index (χ0v) is 22.1. The molecule has 5 rings (SSSR count). The number of nitrogens with zero attached hydrogens (tertiary/aromatic N) is 2. The minimum Gasteiger partial charge on any atom is -0.496 e. The van der Waals surface area contributed by atoms with Gasteiger partial charge in [0, 0.05) is 22.6 Å². The predicted octanol–water partition coefficient (Wildman–Crippen LogP) is 6.28. The highest BCUT2D eigenvalue weighted by Crippen LogP contribution is 2.30. The zero-order valence-electron chi connectivity index (χ0n) is 21.3. The topological polar surface area (TPSA) is 106 Å². The molecule has 0 aliphatic carbocycles. The number of thioether (sulfide) groups is 1. The van der Waals surface area contributed by atoms with Crippen molar-refractivity contribution >= 4 is 46.6 Å². The van der Waals surface area contributed by atoms with Crippen LogP contribution in [0.5, 0.6) is 5.75 Å². The summed E-state index contributed by atoms with van der Waals surface area (Å²) in [6.07, 6.45) is 1.54. The number of rotatable bonds is 9. The Balaban J connectivity index is 1.18. The van der Waals surface area contributed by atoms with E-state index < -0.39 is 17.6 Å². The fraction of sp³-hybridized carbons (Fsp3) is 0.0667. The van der Waals surface area contributed by atoms with Gasteiger partial charge in [-0.2, -0.15) is 5.10 Å². The van der Waals surface area contributed by atoms with Crippen LogP contribution in [0, 0.1) is 5.82 Å². The number of anilines is 1. The fourth-order valence-electron chi connectivity index (χ4n) is 3.82. The molecule has 0 atom stereocenters. The van der Waals surface area contributed by atoms with E-state index in [9.17, 15) is 14.0 Å². The van der Waals surface area contributed by atoms with E-state index in [4.69, 9.17) is 9.15 Å². The van der Waals surface area contributed by atoms with Crippen molar-refractivity contribution < 1.29 is 23.1 Å². The number of hydrazone groups is 1. The number of nitrogens with one attached hydrogen (secondary N) is 2. The lowest BCUT2D eigenvalue weighted by molar-refractivity contribution is 0.0954. The number of oxazole rings is 1. The highest BCUT2D eigenvalue weighted by atomic mass is 32.2. The molecule has 0 bridgehead atoms. The standard InChI is InChI=1S/C30H23FN4O4S/c1-38-26-15-10-19(16-21(26)18-40-30-34-25-8-4-5-9-27(25)39-30)17-32-35-28(36)20-11-13-22(14-12-20)33-29(37)23-6-2-3-7-24(23)31/h2-17H,18H2,1H3,(H,33,37)(H,35,36)/b32-17-. The molecule has 0 saturated carbocycles. The Morgan fingerprint density at radius 2 is 1.77 bits per heavy atom. The van der Waals surface area contributed by atoms with Gasteiger partial charge in [-0.3, -0.25) is 9.59 Å². The van der Waals surface area contributed by atoms with Crippen molar-refractivity contribution in [1.82, 2.24) is 10.4 Å². The van der Waals surface area contributed by atoms with E-state index in [2.05, 4.69) is 20.8 Å². The molecular formula is C30H23FN4O4S. The average molecular weight is 555 g/mol. The Hall–Kier alpha value is -4.96. The number of carbonyl (C=O) groups excluding carboxylic acids is 2. The Morgan fingerprint density at radius 3 is 2.55 bits per heavy atom. The molecule has 8 nitrogen and oxygen atoms in total. The summed E-state index contributed by atoms with van der Waals surface area (Å²) in [5.74, 6) is -0.342. The number of halogens is 1. The molecule has 0 radical (unpaired) electrons. The number of carbonyl (C=O) groups is 2. The second-order valence-corrected chi connectivity index (χ2v) is 9.44. The smallest absolute Gasteiger partial charge is 0.271 e. The zero-order chi connectivity index (χ0) is 27.9. The van der Waals surface area contributed by atoms with Gasteiger partial charge in [0.1, 0.15) is 17.1 Å². The number of methoxy groups -OCH3 is 1. The summed E-state index contributed by atoms with van der Waals surface area (Å²) in [6.45, 7) is 0. The van der Waals surface area contributed by atoms with E-state index >= 15 is 0 Å². The van der Waals surface area contributed by atoms with Gasteiger partial charge in [-0.1, -0.05) is 36.0 Å². The van der Waals surface area contributed by atoms with E-state index in [0.717, 1.165) is 22.2 Å². The first kappa shape index (κ1) is 26.6. The van der Waals surface area contributed by atoms with Crippen LogP contribution in [0.2, 0.25) is 0 Å². The van der Waals surface area contributed by atoms with Gasteiger partial charge in [0.15, 0.2) is 5.58 Å². The largest absolute Gasteiger partial charge is 0.496 e. The van der Waals surface area contributed by atoms with Gasteiger partial charge in [-0.05, 0) is 72.3 Å². The van der Waals surface area contributed by atoms with Crippen LogP contribution in [0.1, 0.15) is 31.8 Å². The SMILES string of the molecule is COc1ccc(/C=N\NC(=O)c2ccc(NC(=O)c3ccccc3F)cc2)cc1CSc1nc2ccccc2o1. The van der Waals surface area contributed by atoms with Crippen LogP contribution in [-0.2, 0) is 5.75 Å². The first-order chi connectivity index (χ1) is 19.5. The van der Waals surface area contributed by atoms with Gasteiger partial charge in [0.2, 0.25) is 0 Å². The van der Waals surface area contributed by atoms with E-state index in [-0.39, 0.29) is 5.56 Å². The monoisotopic (exact) mass is 554 g/mol. The number of para-hydroxylation sites is 2. The summed E-state index contributed by atoms with van der Waals surface area (Å²) in [5.41, 5.74) is 6.41. The quantitative estimate of drug-likeness (QED) is 0.126. The number of aromatic nitrogens is 1. The normalized spacial score (nSPS) is 11.1. The maximum Gasteiger partial charge on any atom is 0.271 e. The molecular weight excluding hydrogens is 531 g/mol. The first-order valence-corrected chi connectivity index (χ1v) is 13.1. The highest BCUT2D eigenvalue weighted by molar-refractivity contribution is 7.98. The number of amides is 2. The first-order valence-electron chi connectivity index (χ1n) is 12.1. The Bertz CT molecular complexity index is 1670. The summed E-state index contributed by atoms with van der Waals surface area (Å²) in [4.78, 5) is 29.3. The third kappa shape index (κ3) is 6.36. The number of hydrogen-bond acceptors (Lipinski definition) is 7. The lowest BCUT2D eigenvalue weighted by Crippen LogP contribution is -2.18. The maximum absolute atomic E-state index is 13.8. The summed E-state index contributed by atoms with van der Waals surface area (Å²) in [7, 11) is 1.60. The molecule has 2 amide bonds. The molecule has 0 spiro atoms. The highest BCUT2D eigenvalue weighted by Gasteiger charge is 2.12. The molecule has 5 aromatic rings. The summed E-state index contributed by atoms with van der Waals surface area (Å²) in [6, 6.07) is 25.1. The van der Waals surface area contributed by atoms with Crippen LogP contribution in [0.4, 0.5) is 10.1 Å². The number of benzene rings is 4. The molecule has 4 aromatic carbocycles. The molecule has 1 heterocycles. The third-order valence-corrected chi connectivity index (χ3v) is 6.71. The average Bonchev–Trinajstić information content (AvgIpc) is 3.40. The van der Waals surface area contributed by atoms with Crippen molar-refractivity contribution in [2.75, 3.05) is 12.4 Å². The van der Waals surface area contributed by atoms with Crippen molar-refractivity contribution in [3.63, 3.8) is 0 Å². The fourth-order valence-corrected chi connectivity index (χ4v) is 4.64. The summed E-state index contributed by atoms with van der Waals surface area (Å²) < 4.78 is 25.1. The molecule has 0 aliphatic heterocycles. The van der Waals surface area contributed by atoms with Gasteiger partial charge >= 0.3 is 0 Å². The van der Waals surface area contributed by atoms with Crippen LogP contribution in [0.3, 0.4) is 0 Å². The van der Waals surface area contributed by atoms with E-state index in [0.29, 0.717) is 28.0 Å². The minimum absolute atomic E-state index is 0.0647. The molecule has 40 heavy (non-hydrogen) atoms. The van der Waals surface area contributed by atoms with Crippen LogP contribution < -0.4 is 15.5 Å². The van der Waals surface area contributed by atoms with Crippen molar-refractivity contribution in [1.29, 1.82) is 0 Å². The van der Waals surface area contributed by atoms with E-state index in [1.807, 2.05) is 42.5 Å². The molecule has 0 saturated heterocycles. The molecule has 0 unspecified atom stereocenters. The van der Waals surface area contributed by atoms with Crippen molar-refractivity contribution in [3.8, 4) is 5.75 Å². The molecule has 200 valence electrons. The van der Waals surface area contributed by atoms with Gasteiger partial charge in [-0.15, -0.1) is 0 Å². The van der Waals surface area contributed by atoms with Crippen molar-refractivity contribution in [2.24, 2.45) is 5.10 Å². The lowest BCUT2D eigenvalue weighted by Gasteiger charge is -2.08. The molecule has 1 aromatic heterocycles. The van der Waals surface area contributed by atoms with Gasteiger partial charge in [0.25, 0.3) is 17.0 Å². The minimum atomic E-state index is -0.611. The number of hydrogen-bond donors (Lipinski definition) is 2. The second-order valence-electron chi connectivity index (χ2n) is 8.52. The maximum atomic E-state index is 13.8. The summed E-state index contributed by atoms with van der Waals surface area (Å²) >= 11 is 1.45. The van der Waals surface area contributed by atoms with Gasteiger partial charge in [-0.25, -0.2) is 14.8 Å². The summed E-state index contributed by atoms with van der Waals surface area (Å²) in [5, 5.41) is 7.24. The van der Waals surface area contributed by atoms with E-state index in [1.165, 1.54) is 48.3 Å². The molecule has 2 N–H and O–H groups in total. The van der Waals surface area contributed by atoms with Crippen LogP contribution >= 0.6 is 11.8 Å². The predicted molar refractivity (Wildman–Crippen MR) is 152 cm³/mol. The Kier molecular flexibility index (Phi) is 8.17. The van der Waals surface area contributed by atoms with Crippen LogP contribution in [0.25, 0.3) is 11.1 Å². The lowest BCUT2D eigenvalue weighted by atomic mass is 10.1. The molecule has 0 fully saturated rings. The van der Waals surface area contributed by atoms with Crippen molar-refractivity contribution in [2.45, 2.75) is 11.0 Å². The van der Waals surface area contributed by atoms with E-state index in [1.54, 1.807) is 25.3 Å². The van der Waals surface area contributed by atoms with Gasteiger partial charge in [0.05, 0.1) is 18.9 Å². The molecule has 0 aliphatic rings. The van der Waals surface area contributed by atoms with Gasteiger partial charge < -0.3 is 14.5 Å². The molecule has 10 heteroatoms. The van der Waals surface area contributed by atoms with Crippen LogP contribution in [-0.4, -0.2) is 30.1 Å². The number of fused-ring (bicyclic) bond motifs is 1. The number of ether oxygens (including phenoxy) is 1. The van der Waals surface area contributed by atoms with Crippen LogP contribution in [0.15, 0.2) is 106 Å². The Morgan fingerprint density at radius 1 is 1.00 bits per heavy atom. The second kappa shape index (κ2) is 12.3. The Labute approximate surface area is 233 Å². The third-order valence-electron chi connectivity index (χ3n) is 5.83. The van der Waals surface area contributed by atoms with Crippen molar-refractivity contribution in [3.05, 3.63) is 119 Å².